The third kappa shape index (κ3) is 3.76. The summed E-state index contributed by atoms with van der Waals surface area (Å²) in [6, 6.07) is 4.93. The van der Waals surface area contributed by atoms with Gasteiger partial charge in [-0.2, -0.15) is 18.4 Å². The Morgan fingerprint density at radius 2 is 2.13 bits per heavy atom. The van der Waals surface area contributed by atoms with Gasteiger partial charge >= 0.3 is 6.18 Å². The largest absolute Gasteiger partial charge is 0.418 e. The lowest BCUT2D eigenvalue weighted by Gasteiger charge is -2.23. The van der Waals surface area contributed by atoms with E-state index < -0.39 is 27.0 Å². The smallest absolute Gasteiger partial charge is 0.370 e. The van der Waals surface area contributed by atoms with Gasteiger partial charge in [0.15, 0.2) is 0 Å². The maximum absolute atomic E-state index is 13.1. The van der Waals surface area contributed by atoms with Gasteiger partial charge < -0.3 is 4.90 Å². The van der Waals surface area contributed by atoms with Gasteiger partial charge in [0.2, 0.25) is 10.0 Å². The van der Waals surface area contributed by atoms with E-state index in [4.69, 9.17) is 5.26 Å². The van der Waals surface area contributed by atoms with Crippen molar-refractivity contribution in [1.29, 1.82) is 5.26 Å². The molecule has 5 nitrogen and oxygen atoms in total. The van der Waals surface area contributed by atoms with E-state index in [0.29, 0.717) is 0 Å². The lowest BCUT2D eigenvalue weighted by atomic mass is 10.1. The van der Waals surface area contributed by atoms with Crippen LogP contribution in [0.4, 0.5) is 18.9 Å². The fourth-order valence-corrected chi connectivity index (χ4v) is 4.05. The zero-order valence-corrected chi connectivity index (χ0v) is 13.2. The Morgan fingerprint density at radius 1 is 1.43 bits per heavy atom. The first-order valence-electron chi connectivity index (χ1n) is 7.03. The topological polar surface area (TPSA) is 73.2 Å². The van der Waals surface area contributed by atoms with Crippen molar-refractivity contribution in [2.75, 3.05) is 24.5 Å². The average molecular weight is 347 g/mol. The molecule has 23 heavy (non-hydrogen) atoms. The van der Waals surface area contributed by atoms with Crippen LogP contribution >= 0.6 is 0 Å². The summed E-state index contributed by atoms with van der Waals surface area (Å²) in [5.74, 6) is 0. The van der Waals surface area contributed by atoms with E-state index in [1.807, 2.05) is 0 Å². The zero-order valence-electron chi connectivity index (χ0n) is 12.4. The van der Waals surface area contributed by atoms with Crippen LogP contribution in [-0.4, -0.2) is 33.3 Å². The molecule has 2 rings (SSSR count). The van der Waals surface area contributed by atoms with Crippen molar-refractivity contribution in [2.24, 2.45) is 0 Å². The molecule has 0 saturated carbocycles. The Labute approximate surface area is 132 Å². The van der Waals surface area contributed by atoms with E-state index >= 15 is 0 Å². The van der Waals surface area contributed by atoms with Crippen LogP contribution in [0, 0.1) is 11.3 Å². The van der Waals surface area contributed by atoms with Gasteiger partial charge in [0.25, 0.3) is 0 Å². The maximum Gasteiger partial charge on any atom is 0.418 e. The number of hydrogen-bond donors (Lipinski definition) is 1. The van der Waals surface area contributed by atoms with E-state index in [2.05, 4.69) is 4.72 Å². The Morgan fingerprint density at radius 3 is 2.70 bits per heavy atom. The Balaban J connectivity index is 2.35. The molecule has 0 aliphatic carbocycles. The van der Waals surface area contributed by atoms with Gasteiger partial charge in [-0.25, -0.2) is 13.1 Å². The number of nitrogens with one attached hydrogen (secondary N) is 1. The average Bonchev–Trinajstić information content (AvgIpc) is 2.96. The van der Waals surface area contributed by atoms with Crippen molar-refractivity contribution in [1.82, 2.24) is 4.72 Å². The molecule has 1 aromatic rings. The molecule has 1 saturated heterocycles. The number of rotatable bonds is 4. The number of sulfonamides is 1. The lowest BCUT2D eigenvalue weighted by Crippen LogP contribution is -2.36. The van der Waals surface area contributed by atoms with Gasteiger partial charge in [-0.15, -0.1) is 0 Å². The maximum atomic E-state index is 13.1. The number of benzene rings is 1. The normalized spacial score (nSPS) is 18.9. The molecule has 9 heteroatoms. The summed E-state index contributed by atoms with van der Waals surface area (Å²) in [6.45, 7) is 2.03. The molecule has 0 radical (unpaired) electrons. The SMILES string of the molecule is CCNS(=O)(=O)[C@H]1CCN(c2cc(C#N)ccc2C(F)(F)F)C1. The van der Waals surface area contributed by atoms with Crippen LogP contribution in [-0.2, 0) is 16.2 Å². The van der Waals surface area contributed by atoms with Crippen LogP contribution in [0.25, 0.3) is 0 Å². The summed E-state index contributed by atoms with van der Waals surface area (Å²) in [5, 5.41) is 8.12. The minimum Gasteiger partial charge on any atom is -0.370 e. The van der Waals surface area contributed by atoms with Gasteiger partial charge in [0.1, 0.15) is 0 Å². The van der Waals surface area contributed by atoms with Crippen molar-refractivity contribution in [3.63, 3.8) is 0 Å². The van der Waals surface area contributed by atoms with Crippen molar-refractivity contribution in [2.45, 2.75) is 24.8 Å². The molecule has 0 spiro atoms. The highest BCUT2D eigenvalue weighted by atomic mass is 32.2. The second-order valence-corrected chi connectivity index (χ2v) is 7.29. The number of anilines is 1. The van der Waals surface area contributed by atoms with Crippen LogP contribution < -0.4 is 9.62 Å². The summed E-state index contributed by atoms with van der Waals surface area (Å²) in [4.78, 5) is 1.38. The number of halogens is 3. The predicted molar refractivity (Wildman–Crippen MR) is 79.4 cm³/mol. The quantitative estimate of drug-likeness (QED) is 0.905. The second-order valence-electron chi connectivity index (χ2n) is 5.24. The first kappa shape index (κ1) is 17.6. The first-order chi connectivity index (χ1) is 10.7. The third-order valence-corrected chi connectivity index (χ3v) is 5.66. The molecule has 0 unspecified atom stereocenters. The number of alkyl halides is 3. The highest BCUT2D eigenvalue weighted by Crippen LogP contribution is 2.38. The van der Waals surface area contributed by atoms with E-state index in [9.17, 15) is 21.6 Å². The van der Waals surface area contributed by atoms with Gasteiger partial charge in [0.05, 0.1) is 28.1 Å². The minimum absolute atomic E-state index is 0.0344. The van der Waals surface area contributed by atoms with Crippen molar-refractivity contribution in [3.8, 4) is 6.07 Å². The zero-order chi connectivity index (χ0) is 17.3. The Kier molecular flexibility index (Phi) is 4.87. The standard InChI is InChI=1S/C14H16F3N3O2S/c1-2-19-23(21,22)11-5-6-20(9-11)13-7-10(8-18)3-4-12(13)14(15,16)17/h3-4,7,11,19H,2,5-6,9H2,1H3/t11-/m0/s1. The van der Waals surface area contributed by atoms with Gasteiger partial charge in [0, 0.05) is 19.6 Å². The highest BCUT2D eigenvalue weighted by Gasteiger charge is 2.39. The molecule has 0 aromatic heterocycles. The second kappa shape index (κ2) is 6.37. The first-order valence-corrected chi connectivity index (χ1v) is 8.58. The molecular weight excluding hydrogens is 331 g/mol. The summed E-state index contributed by atoms with van der Waals surface area (Å²) in [5.41, 5.74) is -0.908. The fraction of sp³-hybridized carbons (Fsp3) is 0.500. The number of nitriles is 1. The van der Waals surface area contributed by atoms with E-state index in [0.717, 1.165) is 18.2 Å². The molecule has 1 N–H and O–H groups in total. The molecule has 1 aromatic carbocycles. The van der Waals surface area contributed by atoms with Crippen molar-refractivity contribution in [3.05, 3.63) is 29.3 Å². The predicted octanol–water partition coefficient (Wildman–Crippen LogP) is 2.10. The van der Waals surface area contributed by atoms with Gasteiger partial charge in [-0.1, -0.05) is 6.92 Å². The van der Waals surface area contributed by atoms with Gasteiger partial charge in [-0.3, -0.25) is 0 Å². The van der Waals surface area contributed by atoms with Crippen LogP contribution in [0.3, 0.4) is 0 Å². The molecule has 0 amide bonds. The van der Waals surface area contributed by atoms with Crippen LogP contribution in [0.15, 0.2) is 18.2 Å². The summed E-state index contributed by atoms with van der Waals surface area (Å²) in [7, 11) is -3.55. The number of hydrogen-bond acceptors (Lipinski definition) is 4. The van der Waals surface area contributed by atoms with Crippen LogP contribution in [0.2, 0.25) is 0 Å². The summed E-state index contributed by atoms with van der Waals surface area (Å²) in [6.07, 6.45) is -4.33. The van der Waals surface area contributed by atoms with E-state index in [1.165, 1.54) is 4.90 Å². The monoisotopic (exact) mass is 347 g/mol. The fourth-order valence-electron chi connectivity index (χ4n) is 2.62. The van der Waals surface area contributed by atoms with E-state index in [1.54, 1.807) is 13.0 Å². The molecular formula is C14H16F3N3O2S. The lowest BCUT2D eigenvalue weighted by molar-refractivity contribution is -0.137. The molecule has 1 atom stereocenters. The summed E-state index contributed by atoms with van der Waals surface area (Å²) >= 11 is 0. The minimum atomic E-state index is -4.57. The molecule has 1 aliphatic heterocycles. The number of nitrogens with zero attached hydrogens (tertiary/aromatic N) is 2. The van der Waals surface area contributed by atoms with Crippen LogP contribution in [0.1, 0.15) is 24.5 Å². The summed E-state index contributed by atoms with van der Waals surface area (Å²) < 4.78 is 65.8. The Bertz CT molecular complexity index is 726. The van der Waals surface area contributed by atoms with Gasteiger partial charge in [-0.05, 0) is 24.6 Å². The molecule has 126 valence electrons. The molecule has 1 fully saturated rings. The molecule has 1 heterocycles. The van der Waals surface area contributed by atoms with Crippen molar-refractivity contribution >= 4 is 15.7 Å². The Hall–Kier alpha value is -1.79. The van der Waals surface area contributed by atoms with E-state index in [-0.39, 0.29) is 37.3 Å². The highest BCUT2D eigenvalue weighted by molar-refractivity contribution is 7.90. The van der Waals surface area contributed by atoms with Crippen molar-refractivity contribution < 1.29 is 21.6 Å². The van der Waals surface area contributed by atoms with Crippen LogP contribution in [0.5, 0.6) is 0 Å². The molecule has 1 aliphatic rings. The molecule has 0 bridgehead atoms. The third-order valence-electron chi connectivity index (χ3n) is 3.70.